The molecule has 1 aromatic carbocycles. The Labute approximate surface area is 164 Å². The molecule has 1 atom stereocenters. The van der Waals surface area contributed by atoms with E-state index in [4.69, 9.17) is 0 Å². The van der Waals surface area contributed by atoms with Crippen molar-refractivity contribution in [3.05, 3.63) is 44.8 Å². The molecule has 10 heteroatoms. The number of pyridine rings is 1. The average molecular weight is 462 g/mol. The van der Waals surface area contributed by atoms with Gasteiger partial charge in [0.1, 0.15) is 22.8 Å². The number of nitrogens with zero attached hydrogens (tertiary/aromatic N) is 3. The Hall–Kier alpha value is -1.78. The Morgan fingerprint density at radius 1 is 1.22 bits per heavy atom. The van der Waals surface area contributed by atoms with Crippen molar-refractivity contribution in [3.63, 3.8) is 0 Å². The van der Waals surface area contributed by atoms with E-state index in [2.05, 4.69) is 20.9 Å². The highest BCUT2D eigenvalue weighted by atomic mass is 79.9. The maximum absolute atomic E-state index is 13.2. The number of aryl methyl sites for hydroxylation is 1. The van der Waals surface area contributed by atoms with Gasteiger partial charge in [-0.25, -0.2) is 4.98 Å². The van der Waals surface area contributed by atoms with Gasteiger partial charge in [0.05, 0.1) is 11.1 Å². The average Bonchev–Trinajstić information content (AvgIpc) is 2.93. The molecule has 0 saturated carbocycles. The second-order valence-corrected chi connectivity index (χ2v) is 8.52. The molecule has 0 spiro atoms. The van der Waals surface area contributed by atoms with Crippen LogP contribution in [0.3, 0.4) is 0 Å². The first kappa shape index (κ1) is 20.0. The normalized spacial score (nSPS) is 13.3. The molecule has 0 N–H and O–H groups in total. The van der Waals surface area contributed by atoms with Crippen LogP contribution < -0.4 is 5.56 Å². The number of hydrogen-bond donors (Lipinski definition) is 0. The lowest BCUT2D eigenvalue weighted by Gasteiger charge is -2.13. The number of hydrogen-bond acceptors (Lipinski definition) is 3. The standard InChI is InChI=1S/C17H15BrF3N3O2S/c1-4-27(26)12-7-9(18)5-6-10(12)15-22-11-8-13(17(19,20)21)23(2)16(25)14(11)24(15)3/h5-8H,4H2,1-3H3. The first-order valence-corrected chi connectivity index (χ1v) is 9.99. The SMILES string of the molecule is CC[S+]([O-])c1cc(Br)ccc1-c1nc2cc(C(F)(F)F)n(C)c(=O)c2n1C. The Morgan fingerprint density at radius 2 is 1.89 bits per heavy atom. The summed E-state index contributed by atoms with van der Waals surface area (Å²) in [6.07, 6.45) is -4.67. The zero-order chi connectivity index (χ0) is 20.1. The molecule has 0 aliphatic rings. The van der Waals surface area contributed by atoms with Gasteiger partial charge >= 0.3 is 6.18 Å². The van der Waals surface area contributed by atoms with Crippen molar-refractivity contribution < 1.29 is 17.7 Å². The predicted octanol–water partition coefficient (Wildman–Crippen LogP) is 3.85. The number of fused-ring (bicyclic) bond motifs is 1. The van der Waals surface area contributed by atoms with Crippen molar-refractivity contribution >= 4 is 38.1 Å². The Kier molecular flexibility index (Phi) is 5.17. The van der Waals surface area contributed by atoms with Gasteiger partial charge in [0.25, 0.3) is 5.56 Å². The van der Waals surface area contributed by atoms with Gasteiger partial charge in [-0.05, 0) is 36.3 Å². The molecular weight excluding hydrogens is 447 g/mol. The number of aromatic nitrogens is 3. The molecule has 3 aromatic rings. The molecule has 2 heterocycles. The third-order valence-corrected chi connectivity index (χ3v) is 6.09. The molecule has 27 heavy (non-hydrogen) atoms. The molecular formula is C17H15BrF3N3O2S. The smallest absolute Gasteiger partial charge is 0.431 e. The lowest BCUT2D eigenvalue weighted by molar-refractivity contribution is -0.143. The first-order chi connectivity index (χ1) is 12.6. The number of halogens is 4. The number of rotatable bonds is 3. The fraction of sp³-hybridized carbons (Fsp3) is 0.294. The van der Waals surface area contributed by atoms with Crippen LogP contribution in [0.1, 0.15) is 12.6 Å². The summed E-state index contributed by atoms with van der Waals surface area (Å²) in [5.41, 5.74) is -1.36. The molecule has 1 unspecified atom stereocenters. The zero-order valence-corrected chi connectivity index (χ0v) is 17.0. The van der Waals surface area contributed by atoms with Crippen molar-refractivity contribution in [2.45, 2.75) is 18.0 Å². The fourth-order valence-electron chi connectivity index (χ4n) is 2.91. The van der Waals surface area contributed by atoms with Gasteiger partial charge < -0.3 is 13.7 Å². The highest BCUT2D eigenvalue weighted by Crippen LogP contribution is 2.33. The zero-order valence-electron chi connectivity index (χ0n) is 14.6. The molecule has 3 rings (SSSR count). The quantitative estimate of drug-likeness (QED) is 0.556. The van der Waals surface area contributed by atoms with Crippen LogP contribution in [0.15, 0.2) is 38.4 Å². The lowest BCUT2D eigenvalue weighted by Crippen LogP contribution is -2.26. The molecule has 0 amide bonds. The lowest BCUT2D eigenvalue weighted by atomic mass is 10.2. The van der Waals surface area contributed by atoms with Crippen molar-refractivity contribution in [3.8, 4) is 11.4 Å². The summed E-state index contributed by atoms with van der Waals surface area (Å²) in [6.45, 7) is 1.76. The predicted molar refractivity (Wildman–Crippen MR) is 101 cm³/mol. The number of benzene rings is 1. The molecule has 2 aromatic heterocycles. The van der Waals surface area contributed by atoms with E-state index < -0.39 is 28.6 Å². The van der Waals surface area contributed by atoms with Crippen LogP contribution in [0.2, 0.25) is 0 Å². The van der Waals surface area contributed by atoms with Gasteiger partial charge in [-0.15, -0.1) is 0 Å². The summed E-state index contributed by atoms with van der Waals surface area (Å²) in [7, 11) is 2.63. The van der Waals surface area contributed by atoms with Crippen molar-refractivity contribution in [2.75, 3.05) is 5.75 Å². The fourth-order valence-corrected chi connectivity index (χ4v) is 4.39. The largest absolute Gasteiger partial charge is 0.611 e. The summed E-state index contributed by atoms with van der Waals surface area (Å²) in [4.78, 5) is 17.3. The van der Waals surface area contributed by atoms with Crippen LogP contribution >= 0.6 is 15.9 Å². The van der Waals surface area contributed by atoms with Crippen LogP contribution in [0, 0.1) is 0 Å². The topological polar surface area (TPSA) is 62.9 Å². The van der Waals surface area contributed by atoms with Crippen molar-refractivity contribution in [1.82, 2.24) is 14.1 Å². The minimum atomic E-state index is -4.67. The van der Waals surface area contributed by atoms with Crippen LogP contribution in [-0.4, -0.2) is 24.4 Å². The molecule has 0 aliphatic heterocycles. The second kappa shape index (κ2) is 6.99. The van der Waals surface area contributed by atoms with Gasteiger partial charge in [-0.3, -0.25) is 4.79 Å². The Morgan fingerprint density at radius 3 is 2.48 bits per heavy atom. The van der Waals surface area contributed by atoms with Gasteiger partial charge in [0.2, 0.25) is 0 Å². The number of imidazole rings is 1. The van der Waals surface area contributed by atoms with E-state index in [9.17, 15) is 22.5 Å². The highest BCUT2D eigenvalue weighted by molar-refractivity contribution is 9.10. The van der Waals surface area contributed by atoms with Crippen molar-refractivity contribution in [1.29, 1.82) is 0 Å². The molecule has 0 saturated heterocycles. The van der Waals surface area contributed by atoms with E-state index in [-0.39, 0.29) is 16.9 Å². The first-order valence-electron chi connectivity index (χ1n) is 7.88. The summed E-state index contributed by atoms with van der Waals surface area (Å²) < 4.78 is 54.8. The summed E-state index contributed by atoms with van der Waals surface area (Å²) in [5.74, 6) is 0.652. The molecule has 144 valence electrons. The monoisotopic (exact) mass is 461 g/mol. The molecule has 0 radical (unpaired) electrons. The maximum Gasteiger partial charge on any atom is 0.431 e. The van der Waals surface area contributed by atoms with E-state index in [1.54, 1.807) is 32.2 Å². The maximum atomic E-state index is 13.2. The van der Waals surface area contributed by atoms with Gasteiger partial charge in [0, 0.05) is 24.6 Å². The summed E-state index contributed by atoms with van der Waals surface area (Å²) >= 11 is 2.01. The van der Waals surface area contributed by atoms with Gasteiger partial charge in [0.15, 0.2) is 4.90 Å². The van der Waals surface area contributed by atoms with E-state index in [1.165, 1.54) is 4.57 Å². The van der Waals surface area contributed by atoms with Gasteiger partial charge in [-0.1, -0.05) is 15.9 Å². The second-order valence-electron chi connectivity index (χ2n) is 5.89. The van der Waals surface area contributed by atoms with Crippen LogP contribution in [-0.2, 0) is 31.4 Å². The minimum absolute atomic E-state index is 0.0525. The van der Waals surface area contributed by atoms with Crippen LogP contribution in [0.4, 0.5) is 13.2 Å². The van der Waals surface area contributed by atoms with E-state index in [0.717, 1.165) is 17.6 Å². The molecule has 0 aliphatic carbocycles. The molecule has 5 nitrogen and oxygen atoms in total. The highest BCUT2D eigenvalue weighted by Gasteiger charge is 2.35. The molecule has 0 fully saturated rings. The molecule has 0 bridgehead atoms. The summed E-state index contributed by atoms with van der Waals surface area (Å²) in [5, 5.41) is 0. The summed E-state index contributed by atoms with van der Waals surface area (Å²) in [6, 6.07) is 5.96. The van der Waals surface area contributed by atoms with E-state index in [1.807, 2.05) is 0 Å². The Bertz CT molecular complexity index is 1090. The van der Waals surface area contributed by atoms with Crippen LogP contribution in [0.5, 0.6) is 0 Å². The van der Waals surface area contributed by atoms with Gasteiger partial charge in [-0.2, -0.15) is 13.2 Å². The number of alkyl halides is 3. The van der Waals surface area contributed by atoms with Crippen LogP contribution in [0.25, 0.3) is 22.4 Å². The van der Waals surface area contributed by atoms with Crippen molar-refractivity contribution in [2.24, 2.45) is 14.1 Å². The third kappa shape index (κ3) is 3.41. The van der Waals surface area contributed by atoms with E-state index in [0.29, 0.717) is 20.8 Å². The van der Waals surface area contributed by atoms with E-state index >= 15 is 0 Å². The third-order valence-electron chi connectivity index (χ3n) is 4.25. The minimum Gasteiger partial charge on any atom is -0.611 e. The Balaban J connectivity index is 2.35.